The first-order chi connectivity index (χ1) is 9.63. The molecule has 2 aromatic rings. The average Bonchev–Trinajstić information content (AvgIpc) is 2.80. The maximum Gasteiger partial charge on any atom is 0.251 e. The van der Waals surface area contributed by atoms with E-state index in [1.54, 1.807) is 12.1 Å². The van der Waals surface area contributed by atoms with Crippen LogP contribution in [0.3, 0.4) is 0 Å². The predicted molar refractivity (Wildman–Crippen MR) is 80.7 cm³/mol. The molecule has 0 aliphatic heterocycles. The van der Waals surface area contributed by atoms with Crippen LogP contribution in [0.5, 0.6) is 0 Å². The van der Waals surface area contributed by atoms with Crippen molar-refractivity contribution < 1.29 is 4.79 Å². The van der Waals surface area contributed by atoms with Crippen molar-refractivity contribution in [3.63, 3.8) is 0 Å². The van der Waals surface area contributed by atoms with Gasteiger partial charge in [0, 0.05) is 17.3 Å². The van der Waals surface area contributed by atoms with Crippen molar-refractivity contribution in [2.75, 3.05) is 5.73 Å². The third-order valence-corrected chi connectivity index (χ3v) is 3.88. The zero-order valence-corrected chi connectivity index (χ0v) is 11.5. The maximum atomic E-state index is 12.3. The van der Waals surface area contributed by atoms with Gasteiger partial charge in [0.05, 0.1) is 0 Å². The van der Waals surface area contributed by atoms with Gasteiger partial charge in [-0.25, -0.2) is 0 Å². The Morgan fingerprint density at radius 3 is 2.40 bits per heavy atom. The number of hydrogen-bond acceptors (Lipinski definition) is 2. The van der Waals surface area contributed by atoms with Crippen LogP contribution in [0.2, 0.25) is 0 Å². The standard InChI is InChI=1S/C17H18N2O/c1-11-8-14(18)6-7-16(11)17(20)19-15-9-12-4-2-3-5-13(12)10-15/h2-8,15H,9-10,18H2,1H3,(H,19,20). The number of benzene rings is 2. The zero-order valence-electron chi connectivity index (χ0n) is 11.5. The van der Waals surface area contributed by atoms with Crippen LogP contribution in [0.15, 0.2) is 42.5 Å². The molecule has 3 rings (SSSR count). The molecule has 0 fully saturated rings. The second-order valence-corrected chi connectivity index (χ2v) is 5.42. The van der Waals surface area contributed by atoms with Gasteiger partial charge in [-0.1, -0.05) is 24.3 Å². The van der Waals surface area contributed by atoms with Gasteiger partial charge >= 0.3 is 0 Å². The summed E-state index contributed by atoms with van der Waals surface area (Å²) in [6.07, 6.45) is 1.83. The summed E-state index contributed by atoms with van der Waals surface area (Å²) in [6, 6.07) is 14.0. The second-order valence-electron chi connectivity index (χ2n) is 5.42. The number of fused-ring (bicyclic) bond motifs is 1. The summed E-state index contributed by atoms with van der Waals surface area (Å²) >= 11 is 0. The molecule has 2 aromatic carbocycles. The van der Waals surface area contributed by atoms with Crippen LogP contribution in [0.4, 0.5) is 5.69 Å². The quantitative estimate of drug-likeness (QED) is 0.820. The number of rotatable bonds is 2. The highest BCUT2D eigenvalue weighted by Gasteiger charge is 2.23. The van der Waals surface area contributed by atoms with E-state index in [1.807, 2.05) is 25.1 Å². The number of nitrogens with two attached hydrogens (primary N) is 1. The Bertz CT molecular complexity index is 639. The summed E-state index contributed by atoms with van der Waals surface area (Å²) in [5.74, 6) is -0.0136. The van der Waals surface area contributed by atoms with E-state index in [9.17, 15) is 4.79 Å². The van der Waals surface area contributed by atoms with E-state index in [1.165, 1.54) is 11.1 Å². The van der Waals surface area contributed by atoms with Gasteiger partial charge in [0.25, 0.3) is 5.91 Å². The van der Waals surface area contributed by atoms with Crippen molar-refractivity contribution in [2.45, 2.75) is 25.8 Å². The number of nitrogen functional groups attached to an aromatic ring is 1. The van der Waals surface area contributed by atoms with E-state index < -0.39 is 0 Å². The molecule has 0 saturated carbocycles. The fraction of sp³-hybridized carbons (Fsp3) is 0.235. The largest absolute Gasteiger partial charge is 0.399 e. The Morgan fingerprint density at radius 2 is 1.80 bits per heavy atom. The summed E-state index contributed by atoms with van der Waals surface area (Å²) in [5.41, 5.74) is 10.7. The minimum absolute atomic E-state index is 0.0136. The van der Waals surface area contributed by atoms with Gasteiger partial charge in [-0.15, -0.1) is 0 Å². The zero-order chi connectivity index (χ0) is 14.1. The smallest absolute Gasteiger partial charge is 0.251 e. The Kier molecular flexibility index (Phi) is 3.18. The van der Waals surface area contributed by atoms with Crippen molar-refractivity contribution >= 4 is 11.6 Å². The molecule has 1 aliphatic rings. The first kappa shape index (κ1) is 12.7. The molecule has 0 atom stereocenters. The van der Waals surface area contributed by atoms with Crippen LogP contribution in [0, 0.1) is 6.92 Å². The van der Waals surface area contributed by atoms with Crippen LogP contribution < -0.4 is 11.1 Å². The van der Waals surface area contributed by atoms with E-state index in [2.05, 4.69) is 17.4 Å². The van der Waals surface area contributed by atoms with E-state index in [-0.39, 0.29) is 11.9 Å². The molecule has 0 saturated heterocycles. The minimum Gasteiger partial charge on any atom is -0.399 e. The molecule has 1 amide bonds. The lowest BCUT2D eigenvalue weighted by Gasteiger charge is -2.13. The fourth-order valence-corrected chi connectivity index (χ4v) is 2.87. The second kappa shape index (κ2) is 5.00. The Morgan fingerprint density at radius 1 is 1.15 bits per heavy atom. The molecular weight excluding hydrogens is 248 g/mol. The normalized spacial score (nSPS) is 14.1. The van der Waals surface area contributed by atoms with Crippen molar-refractivity contribution in [3.05, 3.63) is 64.7 Å². The van der Waals surface area contributed by atoms with Gasteiger partial charge < -0.3 is 11.1 Å². The number of aryl methyl sites for hydroxylation is 1. The lowest BCUT2D eigenvalue weighted by molar-refractivity contribution is 0.0938. The number of anilines is 1. The Labute approximate surface area is 118 Å². The molecule has 3 N–H and O–H groups in total. The number of nitrogens with one attached hydrogen (secondary N) is 1. The predicted octanol–water partition coefficient (Wildman–Crippen LogP) is 2.47. The van der Waals surface area contributed by atoms with Crippen LogP contribution in [-0.2, 0) is 12.8 Å². The Hall–Kier alpha value is -2.29. The highest BCUT2D eigenvalue weighted by atomic mass is 16.1. The third kappa shape index (κ3) is 2.39. The molecule has 0 unspecified atom stereocenters. The van der Waals surface area contributed by atoms with Gasteiger partial charge in [0.15, 0.2) is 0 Å². The summed E-state index contributed by atoms with van der Waals surface area (Å²) in [6.45, 7) is 1.91. The van der Waals surface area contributed by atoms with Crippen molar-refractivity contribution in [2.24, 2.45) is 0 Å². The molecule has 3 nitrogen and oxygen atoms in total. The van der Waals surface area contributed by atoms with Crippen LogP contribution in [-0.4, -0.2) is 11.9 Å². The lowest BCUT2D eigenvalue weighted by Crippen LogP contribution is -2.35. The number of carbonyl (C=O) groups is 1. The molecule has 0 aromatic heterocycles. The van der Waals surface area contributed by atoms with E-state index >= 15 is 0 Å². The molecule has 20 heavy (non-hydrogen) atoms. The summed E-state index contributed by atoms with van der Waals surface area (Å²) in [7, 11) is 0. The van der Waals surface area contributed by atoms with Crippen LogP contribution in [0.1, 0.15) is 27.0 Å². The number of carbonyl (C=O) groups excluding carboxylic acids is 1. The van der Waals surface area contributed by atoms with Gasteiger partial charge in [-0.3, -0.25) is 4.79 Å². The maximum absolute atomic E-state index is 12.3. The molecule has 102 valence electrons. The van der Waals surface area contributed by atoms with Gasteiger partial charge in [0.1, 0.15) is 0 Å². The molecule has 3 heteroatoms. The first-order valence-electron chi connectivity index (χ1n) is 6.87. The molecule has 0 bridgehead atoms. The number of hydrogen-bond donors (Lipinski definition) is 2. The molecule has 0 spiro atoms. The van der Waals surface area contributed by atoms with Crippen molar-refractivity contribution in [3.8, 4) is 0 Å². The van der Waals surface area contributed by atoms with Gasteiger partial charge in [-0.2, -0.15) is 0 Å². The van der Waals surface area contributed by atoms with E-state index in [4.69, 9.17) is 5.73 Å². The minimum atomic E-state index is -0.0136. The molecule has 0 heterocycles. The number of amides is 1. The van der Waals surface area contributed by atoms with Gasteiger partial charge in [0.2, 0.25) is 0 Å². The van der Waals surface area contributed by atoms with E-state index in [0.717, 1.165) is 18.4 Å². The van der Waals surface area contributed by atoms with Crippen molar-refractivity contribution in [1.82, 2.24) is 5.32 Å². The first-order valence-corrected chi connectivity index (χ1v) is 6.87. The lowest BCUT2D eigenvalue weighted by atomic mass is 10.1. The van der Waals surface area contributed by atoms with Crippen LogP contribution >= 0.6 is 0 Å². The van der Waals surface area contributed by atoms with Crippen LogP contribution in [0.25, 0.3) is 0 Å². The highest BCUT2D eigenvalue weighted by molar-refractivity contribution is 5.96. The average molecular weight is 266 g/mol. The van der Waals surface area contributed by atoms with Crippen molar-refractivity contribution in [1.29, 1.82) is 0 Å². The fourth-order valence-electron chi connectivity index (χ4n) is 2.87. The van der Waals surface area contributed by atoms with Gasteiger partial charge in [-0.05, 0) is 54.7 Å². The monoisotopic (exact) mass is 266 g/mol. The Balaban J connectivity index is 1.72. The molecular formula is C17H18N2O. The topological polar surface area (TPSA) is 55.1 Å². The molecule has 1 aliphatic carbocycles. The van der Waals surface area contributed by atoms with E-state index in [0.29, 0.717) is 11.3 Å². The summed E-state index contributed by atoms with van der Waals surface area (Å²) < 4.78 is 0. The summed E-state index contributed by atoms with van der Waals surface area (Å²) in [5, 5.41) is 3.12. The third-order valence-electron chi connectivity index (χ3n) is 3.88. The highest BCUT2D eigenvalue weighted by Crippen LogP contribution is 2.22. The molecule has 0 radical (unpaired) electrons. The SMILES string of the molecule is Cc1cc(N)ccc1C(=O)NC1Cc2ccccc2C1. The summed E-state index contributed by atoms with van der Waals surface area (Å²) in [4.78, 5) is 12.3.